The van der Waals surface area contributed by atoms with E-state index in [9.17, 15) is 9.50 Å². The van der Waals surface area contributed by atoms with Gasteiger partial charge in [0.2, 0.25) is 0 Å². The van der Waals surface area contributed by atoms with Gasteiger partial charge in [-0.05, 0) is 47.9 Å². The normalized spacial score (nSPS) is 19.5. The molecule has 1 aliphatic heterocycles. The molecule has 34 heavy (non-hydrogen) atoms. The monoisotopic (exact) mass is 480 g/mol. The third-order valence-corrected chi connectivity index (χ3v) is 7.51. The largest absolute Gasteiger partial charge is 0.390 e. The molecule has 0 unspecified atom stereocenters. The number of nitrogens with zero attached hydrogens (tertiary/aromatic N) is 4. The van der Waals surface area contributed by atoms with Crippen LogP contribution in [0.25, 0.3) is 11.9 Å². The van der Waals surface area contributed by atoms with Crippen LogP contribution >= 0.6 is 11.6 Å². The highest BCUT2D eigenvalue weighted by atomic mass is 35.5. The fourth-order valence-electron chi connectivity index (χ4n) is 5.17. The van der Waals surface area contributed by atoms with Crippen molar-refractivity contribution in [1.29, 1.82) is 0 Å². The molecule has 0 radical (unpaired) electrons. The topological polar surface area (TPSA) is 114 Å². The highest BCUT2D eigenvalue weighted by molar-refractivity contribution is 6.34. The summed E-state index contributed by atoms with van der Waals surface area (Å²) in [5.41, 5.74) is 15.7. The number of halogens is 2. The van der Waals surface area contributed by atoms with Gasteiger partial charge in [-0.25, -0.2) is 19.3 Å². The van der Waals surface area contributed by atoms with Gasteiger partial charge >= 0.3 is 0 Å². The zero-order chi connectivity index (χ0) is 23.9. The van der Waals surface area contributed by atoms with Gasteiger partial charge in [0, 0.05) is 30.9 Å². The van der Waals surface area contributed by atoms with Crippen LogP contribution in [0.15, 0.2) is 42.7 Å². The molecule has 0 bridgehead atoms. The molecular weight excluding hydrogens is 455 g/mol. The predicted molar refractivity (Wildman–Crippen MR) is 132 cm³/mol. The molecule has 176 valence electrons. The van der Waals surface area contributed by atoms with E-state index in [0.717, 1.165) is 32.4 Å². The van der Waals surface area contributed by atoms with Crippen molar-refractivity contribution in [3.8, 4) is 0 Å². The molecular formula is C25H26ClFN6O. The Bertz CT molecular complexity index is 1260. The van der Waals surface area contributed by atoms with Crippen molar-refractivity contribution in [3.05, 3.63) is 75.8 Å². The number of hydrogen-bond donors (Lipinski definition) is 3. The Morgan fingerprint density at radius 1 is 1.24 bits per heavy atom. The van der Waals surface area contributed by atoms with Crippen LogP contribution in [0.4, 0.5) is 16.0 Å². The first-order valence-corrected chi connectivity index (χ1v) is 11.6. The summed E-state index contributed by atoms with van der Waals surface area (Å²) in [4.78, 5) is 14.8. The highest BCUT2D eigenvalue weighted by Crippen LogP contribution is 2.51. The van der Waals surface area contributed by atoms with Gasteiger partial charge in [0.25, 0.3) is 0 Å². The lowest BCUT2D eigenvalue weighted by molar-refractivity contribution is 0.186. The number of anilines is 2. The van der Waals surface area contributed by atoms with E-state index in [4.69, 9.17) is 23.1 Å². The van der Waals surface area contributed by atoms with Crippen LogP contribution in [-0.2, 0) is 13.0 Å². The van der Waals surface area contributed by atoms with Crippen molar-refractivity contribution in [2.75, 3.05) is 23.7 Å². The average Bonchev–Trinajstić information content (AvgIpc) is 3.13. The third kappa shape index (κ3) is 3.91. The van der Waals surface area contributed by atoms with Gasteiger partial charge in [0.15, 0.2) is 11.6 Å². The molecule has 1 atom stereocenters. The number of aliphatic hydroxyl groups excluding tert-OH is 1. The molecule has 1 fully saturated rings. The smallest absolute Gasteiger partial charge is 0.152 e. The van der Waals surface area contributed by atoms with Crippen LogP contribution in [0.3, 0.4) is 0 Å². The Morgan fingerprint density at radius 2 is 2.00 bits per heavy atom. The van der Waals surface area contributed by atoms with Crippen molar-refractivity contribution in [1.82, 2.24) is 15.0 Å². The van der Waals surface area contributed by atoms with E-state index in [2.05, 4.69) is 38.1 Å². The van der Waals surface area contributed by atoms with Gasteiger partial charge in [-0.1, -0.05) is 35.9 Å². The summed E-state index contributed by atoms with van der Waals surface area (Å²) in [6.07, 6.45) is 6.86. The summed E-state index contributed by atoms with van der Waals surface area (Å²) in [5, 5.41) is 10.1. The Kier molecular flexibility index (Phi) is 5.97. The van der Waals surface area contributed by atoms with Gasteiger partial charge in [-0.3, -0.25) is 0 Å². The fraction of sp³-hybridized carbons (Fsp3) is 0.320. The minimum atomic E-state index is -0.631. The molecule has 2 aliphatic rings. The van der Waals surface area contributed by atoms with Crippen LogP contribution < -0.4 is 16.4 Å². The molecule has 5 rings (SSSR count). The third-order valence-electron chi connectivity index (χ3n) is 7.10. The lowest BCUT2D eigenvalue weighted by Crippen LogP contribution is -2.45. The lowest BCUT2D eigenvalue weighted by atomic mass is 9.73. The van der Waals surface area contributed by atoms with Crippen LogP contribution in [0.2, 0.25) is 5.02 Å². The molecule has 0 saturated carbocycles. The number of piperidine rings is 1. The SMILES string of the molecule is Nc1nccc(/C=C(/F)c2cnc(N3CCC4(CC3)Cc3ccccc3[C@H]4N)c(CO)n2)c1Cl. The molecule has 3 heterocycles. The fourth-order valence-corrected chi connectivity index (χ4v) is 5.34. The second kappa shape index (κ2) is 8.94. The van der Waals surface area contributed by atoms with Gasteiger partial charge in [0.05, 0.1) is 17.8 Å². The molecule has 7 nitrogen and oxygen atoms in total. The van der Waals surface area contributed by atoms with Gasteiger partial charge in [-0.15, -0.1) is 0 Å². The maximum atomic E-state index is 14.9. The number of benzene rings is 1. The van der Waals surface area contributed by atoms with E-state index in [1.807, 2.05) is 6.07 Å². The maximum Gasteiger partial charge on any atom is 0.152 e. The number of nitrogen functional groups attached to an aromatic ring is 1. The standard InChI is InChI=1S/C25H26ClFN6O/c26-21-15(5-8-30-23(21)29)11-18(27)19-13-31-24(20(14-34)32-19)33-9-6-25(7-10-33)12-16-3-1-2-4-17(16)22(25)28/h1-5,8,11,13,22,34H,6-7,9-10,12,14,28H2,(H2,29,30)/b18-11+/t22-/m1/s1. The summed E-state index contributed by atoms with van der Waals surface area (Å²) in [5.74, 6) is 0.0614. The molecule has 3 aromatic rings. The quantitative estimate of drug-likeness (QED) is 0.518. The van der Waals surface area contributed by atoms with Crippen molar-refractivity contribution < 1.29 is 9.50 Å². The van der Waals surface area contributed by atoms with E-state index in [1.165, 1.54) is 29.6 Å². The van der Waals surface area contributed by atoms with Gasteiger partial charge in [0.1, 0.15) is 17.2 Å². The molecule has 1 saturated heterocycles. The lowest BCUT2D eigenvalue weighted by Gasteiger charge is -2.42. The molecule has 0 amide bonds. The molecule has 1 aromatic carbocycles. The predicted octanol–water partition coefficient (Wildman–Crippen LogP) is 3.91. The number of pyridine rings is 1. The Morgan fingerprint density at radius 3 is 2.74 bits per heavy atom. The number of fused-ring (bicyclic) bond motifs is 1. The van der Waals surface area contributed by atoms with E-state index in [1.54, 1.807) is 6.07 Å². The van der Waals surface area contributed by atoms with Crippen LogP contribution in [-0.4, -0.2) is 33.1 Å². The minimum absolute atomic E-state index is 0.0148. The number of nitrogens with two attached hydrogens (primary N) is 2. The minimum Gasteiger partial charge on any atom is -0.390 e. The van der Waals surface area contributed by atoms with E-state index >= 15 is 0 Å². The van der Waals surface area contributed by atoms with Crippen LogP contribution in [0, 0.1) is 5.41 Å². The molecule has 1 aliphatic carbocycles. The van der Waals surface area contributed by atoms with E-state index in [0.29, 0.717) is 17.1 Å². The molecule has 2 aromatic heterocycles. The van der Waals surface area contributed by atoms with Crippen molar-refractivity contribution >= 4 is 35.1 Å². The Balaban J connectivity index is 1.35. The molecule has 1 spiro atoms. The van der Waals surface area contributed by atoms with Crippen molar-refractivity contribution in [3.63, 3.8) is 0 Å². The Hall–Kier alpha value is -3.07. The maximum absolute atomic E-state index is 14.9. The van der Waals surface area contributed by atoms with E-state index < -0.39 is 5.83 Å². The summed E-state index contributed by atoms with van der Waals surface area (Å²) in [6.45, 7) is 1.14. The van der Waals surface area contributed by atoms with Crippen LogP contribution in [0.1, 0.15) is 47.0 Å². The summed E-state index contributed by atoms with van der Waals surface area (Å²) >= 11 is 6.11. The number of hydrogen-bond acceptors (Lipinski definition) is 7. The summed E-state index contributed by atoms with van der Waals surface area (Å²) < 4.78 is 14.9. The second-order valence-corrected chi connectivity index (χ2v) is 9.36. The number of aliphatic hydroxyl groups is 1. The van der Waals surface area contributed by atoms with Crippen molar-refractivity contribution in [2.24, 2.45) is 11.1 Å². The van der Waals surface area contributed by atoms with Crippen LogP contribution in [0.5, 0.6) is 0 Å². The first kappa shape index (κ1) is 22.7. The second-order valence-electron chi connectivity index (χ2n) is 8.98. The Labute approximate surface area is 202 Å². The highest BCUT2D eigenvalue weighted by Gasteiger charge is 2.46. The first-order valence-electron chi connectivity index (χ1n) is 11.2. The zero-order valence-corrected chi connectivity index (χ0v) is 19.3. The first-order chi connectivity index (χ1) is 16.4. The molecule has 5 N–H and O–H groups in total. The summed E-state index contributed by atoms with van der Waals surface area (Å²) in [6, 6.07) is 9.98. The van der Waals surface area contributed by atoms with Crippen molar-refractivity contribution in [2.45, 2.75) is 31.9 Å². The number of aromatic nitrogens is 3. The summed E-state index contributed by atoms with van der Waals surface area (Å²) in [7, 11) is 0. The number of rotatable bonds is 4. The van der Waals surface area contributed by atoms with Gasteiger partial charge < -0.3 is 21.5 Å². The molecule has 9 heteroatoms. The van der Waals surface area contributed by atoms with E-state index in [-0.39, 0.29) is 34.6 Å². The zero-order valence-electron chi connectivity index (χ0n) is 18.6. The average molecular weight is 481 g/mol. The van der Waals surface area contributed by atoms with Gasteiger partial charge in [-0.2, -0.15) is 0 Å².